The van der Waals surface area contributed by atoms with Gasteiger partial charge in [-0.25, -0.2) is 4.79 Å². The van der Waals surface area contributed by atoms with Crippen LogP contribution in [0, 0.1) is 0 Å². The molecule has 0 aliphatic rings. The maximum absolute atomic E-state index is 11.0. The molecule has 4 heteroatoms. The first-order chi connectivity index (χ1) is 7.94. The fourth-order valence-corrected chi connectivity index (χ4v) is 1.68. The van der Waals surface area contributed by atoms with Crippen LogP contribution in [0.3, 0.4) is 0 Å². The molecule has 0 aliphatic carbocycles. The number of carboxylic acid groups (broad SMARTS) is 1. The number of benzene rings is 1. The Kier molecular flexibility index (Phi) is 4.40. The van der Waals surface area contributed by atoms with E-state index in [2.05, 4.69) is 0 Å². The minimum Gasteiger partial charge on any atom is -0.479 e. The Labute approximate surface area is 99.9 Å². The van der Waals surface area contributed by atoms with E-state index >= 15 is 0 Å². The Morgan fingerprint density at radius 2 is 1.82 bits per heavy atom. The van der Waals surface area contributed by atoms with Gasteiger partial charge in [0.2, 0.25) is 0 Å². The molecule has 0 saturated heterocycles. The van der Waals surface area contributed by atoms with Gasteiger partial charge in [-0.3, -0.25) is 4.79 Å². The number of aliphatic carboxylic acids is 1. The maximum Gasteiger partial charge on any atom is 0.336 e. The van der Waals surface area contributed by atoms with Crippen LogP contribution in [0.1, 0.15) is 25.3 Å². The smallest absolute Gasteiger partial charge is 0.336 e. The van der Waals surface area contributed by atoms with E-state index in [0.717, 1.165) is 5.56 Å². The number of carbonyl (C=O) groups is 2. The topological polar surface area (TPSA) is 74.6 Å². The molecule has 0 spiro atoms. The zero-order valence-corrected chi connectivity index (χ0v) is 9.72. The molecule has 0 radical (unpaired) electrons. The van der Waals surface area contributed by atoms with Crippen LogP contribution in [0.2, 0.25) is 0 Å². The lowest BCUT2D eigenvalue weighted by Gasteiger charge is -2.21. The van der Waals surface area contributed by atoms with Crippen molar-refractivity contribution >= 4 is 11.8 Å². The van der Waals surface area contributed by atoms with E-state index in [1.54, 1.807) is 0 Å². The summed E-state index contributed by atoms with van der Waals surface area (Å²) in [6, 6.07) is 9.27. The molecule has 17 heavy (non-hydrogen) atoms. The quantitative estimate of drug-likeness (QED) is 0.783. The molecule has 0 saturated carbocycles. The first kappa shape index (κ1) is 13.4. The summed E-state index contributed by atoms with van der Waals surface area (Å²) in [4.78, 5) is 21.9. The van der Waals surface area contributed by atoms with Crippen molar-refractivity contribution < 1.29 is 19.8 Å². The van der Waals surface area contributed by atoms with Gasteiger partial charge in [0.05, 0.1) is 0 Å². The second kappa shape index (κ2) is 5.59. The van der Waals surface area contributed by atoms with Crippen molar-refractivity contribution in [2.24, 2.45) is 0 Å². The van der Waals surface area contributed by atoms with Crippen molar-refractivity contribution in [2.45, 2.75) is 31.8 Å². The molecule has 0 unspecified atom stereocenters. The summed E-state index contributed by atoms with van der Waals surface area (Å²) in [6.07, 6.45) is 0.109. The standard InChI is InChI=1S/C13H16O4/c1-10(14)9-13(17,12(15)16)8-7-11-5-3-2-4-6-11/h2-6,17H,7-9H2,1H3,(H,15,16)/t13-/m0/s1. The molecular formula is C13H16O4. The average molecular weight is 236 g/mol. The second-order valence-electron chi connectivity index (χ2n) is 4.20. The third-order valence-electron chi connectivity index (χ3n) is 2.61. The monoisotopic (exact) mass is 236 g/mol. The number of ketones is 1. The molecule has 0 aromatic heterocycles. The highest BCUT2D eigenvalue weighted by atomic mass is 16.4. The molecule has 1 atom stereocenters. The van der Waals surface area contributed by atoms with Crippen molar-refractivity contribution in [1.82, 2.24) is 0 Å². The highest BCUT2D eigenvalue weighted by Crippen LogP contribution is 2.19. The van der Waals surface area contributed by atoms with Crippen molar-refractivity contribution in [3.05, 3.63) is 35.9 Å². The molecule has 92 valence electrons. The Morgan fingerprint density at radius 3 is 2.29 bits per heavy atom. The zero-order chi connectivity index (χ0) is 12.9. The van der Waals surface area contributed by atoms with Crippen molar-refractivity contribution in [3.8, 4) is 0 Å². The third-order valence-corrected chi connectivity index (χ3v) is 2.61. The molecule has 0 aliphatic heterocycles. The molecule has 0 heterocycles. The molecule has 0 amide bonds. The van der Waals surface area contributed by atoms with Crippen molar-refractivity contribution in [1.29, 1.82) is 0 Å². The van der Waals surface area contributed by atoms with E-state index in [4.69, 9.17) is 5.11 Å². The zero-order valence-electron chi connectivity index (χ0n) is 9.72. The molecule has 4 nitrogen and oxygen atoms in total. The highest BCUT2D eigenvalue weighted by molar-refractivity contribution is 5.86. The first-order valence-electron chi connectivity index (χ1n) is 5.43. The first-order valence-corrected chi connectivity index (χ1v) is 5.43. The highest BCUT2D eigenvalue weighted by Gasteiger charge is 2.36. The molecular weight excluding hydrogens is 220 g/mol. The average Bonchev–Trinajstić information content (AvgIpc) is 2.27. The summed E-state index contributed by atoms with van der Waals surface area (Å²) in [5.74, 6) is -1.67. The van der Waals surface area contributed by atoms with Crippen LogP contribution >= 0.6 is 0 Å². The summed E-state index contributed by atoms with van der Waals surface area (Å²) in [5, 5.41) is 18.9. The lowest BCUT2D eigenvalue weighted by atomic mass is 9.90. The van der Waals surface area contributed by atoms with E-state index in [9.17, 15) is 14.7 Å². The predicted octanol–water partition coefficient (Wildman–Crippen LogP) is 1.41. The molecule has 1 rings (SSSR count). The van der Waals surface area contributed by atoms with Gasteiger partial charge in [0.1, 0.15) is 5.78 Å². The van der Waals surface area contributed by atoms with Crippen LogP contribution in [0.4, 0.5) is 0 Å². The fourth-order valence-electron chi connectivity index (χ4n) is 1.68. The SMILES string of the molecule is CC(=O)C[C@@](O)(CCc1ccccc1)C(=O)O. The van der Waals surface area contributed by atoms with Crippen LogP contribution in [0.5, 0.6) is 0 Å². The van der Waals surface area contributed by atoms with Gasteiger partial charge in [0.15, 0.2) is 5.60 Å². The van der Waals surface area contributed by atoms with E-state index < -0.39 is 11.6 Å². The lowest BCUT2D eigenvalue weighted by Crippen LogP contribution is -2.40. The molecule has 0 bridgehead atoms. The maximum atomic E-state index is 11.0. The largest absolute Gasteiger partial charge is 0.479 e. The minimum atomic E-state index is -1.96. The van der Waals surface area contributed by atoms with Crippen LogP contribution in [-0.4, -0.2) is 27.6 Å². The van der Waals surface area contributed by atoms with Gasteiger partial charge < -0.3 is 10.2 Å². The molecule has 2 N–H and O–H groups in total. The minimum absolute atomic E-state index is 0.0337. The predicted molar refractivity (Wildman–Crippen MR) is 62.6 cm³/mol. The lowest BCUT2D eigenvalue weighted by molar-refractivity contribution is -0.161. The number of carbonyl (C=O) groups excluding carboxylic acids is 1. The van der Waals surface area contributed by atoms with Crippen LogP contribution in [0.15, 0.2) is 30.3 Å². The number of rotatable bonds is 6. The van der Waals surface area contributed by atoms with Gasteiger partial charge in [0.25, 0.3) is 0 Å². The number of Topliss-reactive ketones (excluding diaryl/α,β-unsaturated/α-hetero) is 1. The fraction of sp³-hybridized carbons (Fsp3) is 0.385. The normalized spacial score (nSPS) is 14.0. The summed E-state index contributed by atoms with van der Waals surface area (Å²) in [5.41, 5.74) is -1.02. The molecule has 1 aromatic carbocycles. The number of aliphatic hydroxyl groups is 1. The molecule has 0 fully saturated rings. The van der Waals surface area contributed by atoms with Gasteiger partial charge in [0, 0.05) is 6.42 Å². The van der Waals surface area contributed by atoms with E-state index in [0.29, 0.717) is 6.42 Å². The summed E-state index contributed by atoms with van der Waals surface area (Å²) in [6.45, 7) is 1.27. The Balaban J connectivity index is 2.68. The van der Waals surface area contributed by atoms with Crippen LogP contribution in [0.25, 0.3) is 0 Å². The van der Waals surface area contributed by atoms with Gasteiger partial charge in [-0.2, -0.15) is 0 Å². The summed E-state index contributed by atoms with van der Waals surface area (Å²) < 4.78 is 0. The summed E-state index contributed by atoms with van der Waals surface area (Å²) in [7, 11) is 0. The molecule has 1 aromatic rings. The van der Waals surface area contributed by atoms with Gasteiger partial charge >= 0.3 is 5.97 Å². The van der Waals surface area contributed by atoms with Gasteiger partial charge in [-0.1, -0.05) is 30.3 Å². The van der Waals surface area contributed by atoms with Crippen LogP contribution < -0.4 is 0 Å². The van der Waals surface area contributed by atoms with Gasteiger partial charge in [-0.05, 0) is 25.3 Å². The Morgan fingerprint density at radius 1 is 1.24 bits per heavy atom. The van der Waals surface area contributed by atoms with Gasteiger partial charge in [-0.15, -0.1) is 0 Å². The van der Waals surface area contributed by atoms with E-state index in [-0.39, 0.29) is 18.6 Å². The number of aryl methyl sites for hydroxylation is 1. The summed E-state index contributed by atoms with van der Waals surface area (Å²) >= 11 is 0. The van der Waals surface area contributed by atoms with Crippen molar-refractivity contribution in [2.75, 3.05) is 0 Å². The van der Waals surface area contributed by atoms with E-state index in [1.165, 1.54) is 6.92 Å². The number of hydrogen-bond acceptors (Lipinski definition) is 3. The van der Waals surface area contributed by atoms with E-state index in [1.807, 2.05) is 30.3 Å². The Hall–Kier alpha value is -1.68. The number of hydrogen-bond donors (Lipinski definition) is 2. The number of carboxylic acids is 1. The van der Waals surface area contributed by atoms with Crippen molar-refractivity contribution in [3.63, 3.8) is 0 Å². The van der Waals surface area contributed by atoms with Crippen LogP contribution in [-0.2, 0) is 16.0 Å². The Bertz CT molecular complexity index is 399. The second-order valence-corrected chi connectivity index (χ2v) is 4.20. The third kappa shape index (κ3) is 4.00.